The van der Waals surface area contributed by atoms with E-state index in [9.17, 15) is 9.90 Å². The van der Waals surface area contributed by atoms with Crippen molar-refractivity contribution in [2.24, 2.45) is 0 Å². The molecular formula is C27H31Cl2NO5. The van der Waals surface area contributed by atoms with Gasteiger partial charge in [-0.15, -0.1) is 0 Å². The highest BCUT2D eigenvalue weighted by Crippen LogP contribution is 2.43. The summed E-state index contributed by atoms with van der Waals surface area (Å²) in [5.41, 5.74) is 0.747. The summed E-state index contributed by atoms with van der Waals surface area (Å²) in [6, 6.07) is 14.9. The molecule has 0 atom stereocenters. The van der Waals surface area contributed by atoms with Gasteiger partial charge < -0.3 is 36.6 Å². The Bertz CT molecular complexity index is 1170. The lowest BCUT2D eigenvalue weighted by Gasteiger charge is -2.36. The number of methoxy groups -OCH3 is 3. The number of nitrogens with one attached hydrogen (secondary N) is 1. The van der Waals surface area contributed by atoms with Crippen LogP contribution >= 0.6 is 11.6 Å². The number of rotatable bonds is 8. The highest BCUT2D eigenvalue weighted by Gasteiger charge is 2.36. The van der Waals surface area contributed by atoms with Gasteiger partial charge in [0, 0.05) is 28.8 Å². The van der Waals surface area contributed by atoms with E-state index in [4.69, 9.17) is 25.8 Å². The van der Waals surface area contributed by atoms with Gasteiger partial charge in [0.25, 0.3) is 0 Å². The van der Waals surface area contributed by atoms with Crippen molar-refractivity contribution < 1.29 is 41.4 Å². The molecule has 0 bridgehead atoms. The molecule has 0 aliphatic carbocycles. The molecule has 2 N–H and O–H groups in total. The number of benzene rings is 3. The van der Waals surface area contributed by atoms with Crippen LogP contribution in [-0.2, 0) is 5.60 Å². The van der Waals surface area contributed by atoms with Crippen molar-refractivity contribution in [3.8, 4) is 17.2 Å². The van der Waals surface area contributed by atoms with E-state index in [0.29, 0.717) is 47.1 Å². The Hall–Kier alpha value is -2.51. The summed E-state index contributed by atoms with van der Waals surface area (Å²) in [6.45, 7) is 2.37. The Morgan fingerprint density at radius 1 is 0.971 bits per heavy atom. The van der Waals surface area contributed by atoms with E-state index in [-0.39, 0.29) is 18.2 Å². The molecule has 3 aromatic carbocycles. The van der Waals surface area contributed by atoms with Crippen molar-refractivity contribution >= 4 is 28.2 Å². The van der Waals surface area contributed by atoms with Crippen molar-refractivity contribution in [3.05, 3.63) is 64.7 Å². The standard InChI is InChI=1S/C27H30ClNO5.ClH/c1-32-24-17-19-16-18(4-9-22(19)25(33-2)26(24)34-3)23(30)10-13-29-14-11-27(31,12-15-29)20-5-7-21(28)8-6-20;/h4-9,16-17,31H,10-15H2,1-3H3;1H. The third-order valence-corrected chi connectivity index (χ3v) is 7.09. The van der Waals surface area contributed by atoms with Crippen LogP contribution in [0.25, 0.3) is 10.8 Å². The van der Waals surface area contributed by atoms with Crippen LogP contribution in [0.4, 0.5) is 0 Å². The van der Waals surface area contributed by atoms with Crippen LogP contribution < -0.4 is 31.5 Å². The van der Waals surface area contributed by atoms with Crippen LogP contribution in [0, 0.1) is 0 Å². The normalized spacial score (nSPS) is 19.6. The Morgan fingerprint density at radius 3 is 2.23 bits per heavy atom. The molecule has 0 amide bonds. The molecule has 4 rings (SSSR count). The van der Waals surface area contributed by atoms with E-state index < -0.39 is 5.60 Å². The molecule has 1 aliphatic heterocycles. The van der Waals surface area contributed by atoms with Crippen molar-refractivity contribution in [3.63, 3.8) is 0 Å². The first kappa shape index (κ1) is 27.1. The van der Waals surface area contributed by atoms with Gasteiger partial charge in [0.15, 0.2) is 17.3 Å². The largest absolute Gasteiger partial charge is 1.00 e. The number of hydrogen-bond acceptors (Lipinski definition) is 5. The number of carbonyl (C=O) groups is 1. The van der Waals surface area contributed by atoms with Crippen LogP contribution in [0.1, 0.15) is 35.2 Å². The number of fused-ring (bicyclic) bond motifs is 1. The monoisotopic (exact) mass is 519 g/mol. The number of hydrogen-bond donors (Lipinski definition) is 2. The van der Waals surface area contributed by atoms with Gasteiger partial charge in [-0.2, -0.15) is 0 Å². The van der Waals surface area contributed by atoms with Gasteiger partial charge in [-0.3, -0.25) is 4.79 Å². The number of Topliss-reactive ketones (excluding diaryl/α,β-unsaturated/α-hetero) is 1. The molecule has 8 heteroatoms. The quantitative estimate of drug-likeness (QED) is 0.428. The summed E-state index contributed by atoms with van der Waals surface area (Å²) in [4.78, 5) is 14.3. The molecule has 3 aromatic rings. The maximum atomic E-state index is 13.0. The van der Waals surface area contributed by atoms with Gasteiger partial charge in [-0.25, -0.2) is 0 Å². The van der Waals surface area contributed by atoms with Crippen LogP contribution in [0.5, 0.6) is 17.2 Å². The number of halogens is 2. The van der Waals surface area contributed by atoms with E-state index in [2.05, 4.69) is 0 Å². The molecule has 0 unspecified atom stereocenters. The summed E-state index contributed by atoms with van der Waals surface area (Å²) >= 11 is 5.98. The molecule has 0 aromatic heterocycles. The number of carbonyl (C=O) groups excluding carboxylic acids is 1. The van der Waals surface area contributed by atoms with Gasteiger partial charge in [0.1, 0.15) is 5.60 Å². The zero-order valence-corrected chi connectivity index (χ0v) is 21.7. The maximum absolute atomic E-state index is 13.0. The van der Waals surface area contributed by atoms with E-state index >= 15 is 0 Å². The molecule has 1 aliphatic rings. The number of ether oxygens (including phenoxy) is 3. The van der Waals surface area contributed by atoms with Crippen molar-refractivity contribution in [1.29, 1.82) is 0 Å². The molecule has 0 spiro atoms. The summed E-state index contributed by atoms with van der Waals surface area (Å²) in [5.74, 6) is 1.77. The summed E-state index contributed by atoms with van der Waals surface area (Å²) < 4.78 is 16.5. The molecule has 6 nitrogen and oxygen atoms in total. The second-order valence-electron chi connectivity index (χ2n) is 8.79. The van der Waals surface area contributed by atoms with Crippen molar-refractivity contribution in [1.82, 2.24) is 0 Å². The Morgan fingerprint density at radius 2 is 1.63 bits per heavy atom. The fourth-order valence-electron chi connectivity index (χ4n) is 4.80. The molecule has 35 heavy (non-hydrogen) atoms. The molecule has 1 fully saturated rings. The fraction of sp³-hybridized carbons (Fsp3) is 0.370. The minimum atomic E-state index is -0.824. The number of piperidine rings is 1. The van der Waals surface area contributed by atoms with Crippen LogP contribution in [0.3, 0.4) is 0 Å². The number of aliphatic hydroxyl groups is 1. The van der Waals surface area contributed by atoms with Gasteiger partial charge >= 0.3 is 0 Å². The van der Waals surface area contributed by atoms with E-state index in [0.717, 1.165) is 36.0 Å². The third kappa shape index (κ3) is 5.67. The lowest BCUT2D eigenvalue weighted by Crippen LogP contribution is -3.13. The summed E-state index contributed by atoms with van der Waals surface area (Å²) in [7, 11) is 4.74. The number of likely N-dealkylation sites (tertiary alicyclic amines) is 1. The zero-order chi connectivity index (χ0) is 24.3. The lowest BCUT2D eigenvalue weighted by molar-refractivity contribution is -0.907. The highest BCUT2D eigenvalue weighted by atomic mass is 35.5. The van der Waals surface area contributed by atoms with E-state index in [1.165, 1.54) is 4.90 Å². The average Bonchev–Trinajstić information content (AvgIpc) is 2.86. The van der Waals surface area contributed by atoms with Crippen LogP contribution in [-0.4, -0.2) is 51.9 Å². The maximum Gasteiger partial charge on any atom is 0.203 e. The fourth-order valence-corrected chi connectivity index (χ4v) is 4.93. The SMILES string of the molecule is COc1cc2cc(C(=O)CC[NH+]3CCC(O)(c4ccc(Cl)cc4)CC3)ccc2c(OC)c1OC.[Cl-]. The smallest absolute Gasteiger partial charge is 0.203 e. The van der Waals surface area contributed by atoms with Gasteiger partial charge in [-0.1, -0.05) is 29.8 Å². The molecule has 1 heterocycles. The van der Waals surface area contributed by atoms with Gasteiger partial charge in [0.05, 0.1) is 47.4 Å². The Kier molecular flexibility index (Phi) is 8.89. The predicted octanol–water partition coefficient (Wildman–Crippen LogP) is 0.662. The van der Waals surface area contributed by atoms with Gasteiger partial charge in [0.2, 0.25) is 5.75 Å². The van der Waals surface area contributed by atoms with E-state index in [1.54, 1.807) is 21.3 Å². The molecule has 0 saturated carbocycles. The Balaban J connectivity index is 0.00000342. The topological polar surface area (TPSA) is 69.4 Å². The summed E-state index contributed by atoms with van der Waals surface area (Å²) in [6.07, 6.45) is 1.77. The first-order chi connectivity index (χ1) is 16.4. The van der Waals surface area contributed by atoms with Crippen LogP contribution in [0.2, 0.25) is 5.02 Å². The van der Waals surface area contributed by atoms with Crippen LogP contribution in [0.15, 0.2) is 48.5 Å². The van der Waals surface area contributed by atoms with Gasteiger partial charge in [-0.05, 0) is 41.3 Å². The first-order valence-corrected chi connectivity index (χ1v) is 11.8. The average molecular weight is 520 g/mol. The number of ketones is 1. The Labute approximate surface area is 217 Å². The highest BCUT2D eigenvalue weighted by molar-refractivity contribution is 6.30. The van der Waals surface area contributed by atoms with Crippen molar-refractivity contribution in [2.75, 3.05) is 41.0 Å². The molecule has 0 radical (unpaired) electrons. The first-order valence-electron chi connectivity index (χ1n) is 11.5. The van der Waals surface area contributed by atoms with E-state index in [1.807, 2.05) is 48.5 Å². The zero-order valence-electron chi connectivity index (χ0n) is 20.2. The molecule has 188 valence electrons. The minimum absolute atomic E-state index is 0. The second-order valence-corrected chi connectivity index (χ2v) is 9.23. The third-order valence-electron chi connectivity index (χ3n) is 6.83. The predicted molar refractivity (Wildman–Crippen MR) is 133 cm³/mol. The molecule has 1 saturated heterocycles. The molecular weight excluding hydrogens is 489 g/mol. The second kappa shape index (κ2) is 11.5. The summed E-state index contributed by atoms with van der Waals surface area (Å²) in [5, 5.41) is 13.5. The van der Waals surface area contributed by atoms with Crippen molar-refractivity contribution in [2.45, 2.75) is 24.9 Å². The number of quaternary nitrogens is 1. The minimum Gasteiger partial charge on any atom is -1.00 e. The lowest BCUT2D eigenvalue weighted by atomic mass is 9.84.